The number of para-hydroxylation sites is 1. The summed E-state index contributed by atoms with van der Waals surface area (Å²) >= 11 is 0. The Morgan fingerprint density at radius 2 is 1.42 bits per heavy atom. The Labute approximate surface area is 284 Å². The van der Waals surface area contributed by atoms with Crippen LogP contribution in [-0.4, -0.2) is 42.6 Å². The molecule has 0 spiro atoms. The van der Waals surface area contributed by atoms with Gasteiger partial charge in [0, 0.05) is 53.5 Å². The summed E-state index contributed by atoms with van der Waals surface area (Å²) in [5.41, 5.74) is 6.84. The van der Waals surface area contributed by atoms with Crippen LogP contribution in [0.3, 0.4) is 0 Å². The average molecular weight is 647 g/mol. The lowest BCUT2D eigenvalue weighted by Gasteiger charge is -2.49. The van der Waals surface area contributed by atoms with Crippen molar-refractivity contribution in [3.8, 4) is 11.5 Å². The fourth-order valence-electron chi connectivity index (χ4n) is 7.56. The third kappa shape index (κ3) is 6.82. The maximum Gasteiger partial charge on any atom is 0.262 e. The number of hydrogen-bond acceptors (Lipinski definition) is 6. The Hall–Kier alpha value is -4.65. The first-order valence-corrected chi connectivity index (χ1v) is 16.9. The normalized spacial score (nSPS) is 18.8. The minimum Gasteiger partial charge on any atom is -0.493 e. The largest absolute Gasteiger partial charge is 0.493 e. The van der Waals surface area contributed by atoms with Gasteiger partial charge in [-0.05, 0) is 71.9 Å². The summed E-state index contributed by atoms with van der Waals surface area (Å²) in [6.07, 6.45) is 3.15. The predicted octanol–water partition coefficient (Wildman–Crippen LogP) is 7.95. The second-order valence-corrected chi connectivity index (χ2v) is 15.0. The lowest BCUT2D eigenvalue weighted by atomic mass is 9.63. The van der Waals surface area contributed by atoms with Crippen molar-refractivity contribution < 1.29 is 23.9 Å². The molecule has 0 atom stereocenters. The molecule has 3 aromatic carbocycles. The van der Waals surface area contributed by atoms with E-state index in [0.29, 0.717) is 30.9 Å². The van der Waals surface area contributed by atoms with E-state index < -0.39 is 5.92 Å². The lowest BCUT2D eigenvalue weighted by molar-refractivity contribution is -0.120. The van der Waals surface area contributed by atoms with Gasteiger partial charge in [-0.15, -0.1) is 0 Å². The zero-order valence-corrected chi connectivity index (χ0v) is 28.9. The number of nitrogens with zero attached hydrogens (tertiary/aromatic N) is 1. The number of hydrogen-bond donors (Lipinski definition) is 1. The Bertz CT molecular complexity index is 1760. The number of benzene rings is 3. The number of amides is 1. The highest BCUT2D eigenvalue weighted by Crippen LogP contribution is 2.55. The standard InChI is InChI=1S/C41H46N2O5/c1-26-12-10-11-15-29(26)42-36(46)25-48-34-17-16-28(20-35(34)47-6)37-38-30(21-40(2,3)23-32(38)44)43(19-18-27-13-8-7-9-14-27)31-22-41(4,5)24-33(45)39(31)37/h7-17,20,37H,18-19,21-25H2,1-6H3,(H,42,46). The highest BCUT2D eigenvalue weighted by atomic mass is 16.5. The molecule has 48 heavy (non-hydrogen) atoms. The first-order chi connectivity index (χ1) is 22.9. The maximum atomic E-state index is 14.2. The molecule has 0 bridgehead atoms. The van der Waals surface area contributed by atoms with Crippen molar-refractivity contribution in [2.24, 2.45) is 10.8 Å². The van der Waals surface area contributed by atoms with Gasteiger partial charge in [0.05, 0.1) is 7.11 Å². The van der Waals surface area contributed by atoms with Crippen molar-refractivity contribution in [3.63, 3.8) is 0 Å². The van der Waals surface area contributed by atoms with Crippen LogP contribution >= 0.6 is 0 Å². The predicted molar refractivity (Wildman–Crippen MR) is 188 cm³/mol. The molecule has 0 aromatic heterocycles. The molecule has 1 N–H and O–H groups in total. The van der Waals surface area contributed by atoms with Crippen molar-refractivity contribution in [2.45, 2.75) is 72.6 Å². The summed E-state index contributed by atoms with van der Waals surface area (Å²) in [5.74, 6) is 0.257. The minimum atomic E-state index is -0.498. The van der Waals surface area contributed by atoms with Crippen molar-refractivity contribution >= 4 is 23.2 Å². The Morgan fingerprint density at radius 1 is 0.812 bits per heavy atom. The first-order valence-electron chi connectivity index (χ1n) is 16.9. The average Bonchev–Trinajstić information content (AvgIpc) is 3.03. The van der Waals surface area contributed by atoms with Gasteiger partial charge in [0.15, 0.2) is 29.7 Å². The van der Waals surface area contributed by atoms with Crippen LogP contribution in [0.5, 0.6) is 11.5 Å². The summed E-state index contributed by atoms with van der Waals surface area (Å²) in [4.78, 5) is 43.5. The molecule has 6 rings (SSSR count). The van der Waals surface area contributed by atoms with Gasteiger partial charge < -0.3 is 19.7 Å². The third-order valence-electron chi connectivity index (χ3n) is 9.79. The molecular weight excluding hydrogens is 600 g/mol. The number of aryl methyl sites for hydroxylation is 1. The molecule has 7 nitrogen and oxygen atoms in total. The Balaban J connectivity index is 1.38. The van der Waals surface area contributed by atoms with E-state index in [2.05, 4.69) is 62.2 Å². The zero-order valence-electron chi connectivity index (χ0n) is 28.9. The van der Waals surface area contributed by atoms with Crippen molar-refractivity contribution in [3.05, 3.63) is 112 Å². The molecule has 3 aromatic rings. The van der Waals surface area contributed by atoms with E-state index in [0.717, 1.165) is 58.6 Å². The topological polar surface area (TPSA) is 84.9 Å². The third-order valence-corrected chi connectivity index (χ3v) is 9.79. The van der Waals surface area contributed by atoms with Crippen LogP contribution in [0.25, 0.3) is 0 Å². The van der Waals surface area contributed by atoms with Gasteiger partial charge in [0.1, 0.15) is 0 Å². The molecule has 7 heteroatoms. The van der Waals surface area contributed by atoms with Crippen molar-refractivity contribution in [1.82, 2.24) is 4.90 Å². The molecule has 0 saturated heterocycles. The molecule has 0 fully saturated rings. The summed E-state index contributed by atoms with van der Waals surface area (Å²) in [6.45, 7) is 11.1. The second-order valence-electron chi connectivity index (χ2n) is 15.0. The van der Waals surface area contributed by atoms with Crippen LogP contribution in [0.1, 0.15) is 76.0 Å². The smallest absolute Gasteiger partial charge is 0.262 e. The summed E-state index contributed by atoms with van der Waals surface area (Å²) in [5, 5.41) is 2.89. The van der Waals surface area contributed by atoms with Crippen molar-refractivity contribution in [2.75, 3.05) is 25.6 Å². The number of carbonyl (C=O) groups is 3. The lowest BCUT2D eigenvalue weighted by Crippen LogP contribution is -2.45. The second kappa shape index (κ2) is 13.1. The van der Waals surface area contributed by atoms with E-state index in [1.807, 2.05) is 49.4 Å². The summed E-state index contributed by atoms with van der Waals surface area (Å²) in [6, 6.07) is 23.5. The van der Waals surface area contributed by atoms with E-state index in [1.165, 1.54) is 5.56 Å². The van der Waals surface area contributed by atoms with E-state index in [9.17, 15) is 14.4 Å². The minimum absolute atomic E-state index is 0.0901. The van der Waals surface area contributed by atoms with Gasteiger partial charge in [0.2, 0.25) is 0 Å². The van der Waals surface area contributed by atoms with Gasteiger partial charge in [-0.2, -0.15) is 0 Å². The fraction of sp³-hybridized carbons (Fsp3) is 0.390. The van der Waals surface area contributed by atoms with E-state index in [1.54, 1.807) is 13.2 Å². The number of nitrogens with one attached hydrogen (secondary N) is 1. The van der Waals surface area contributed by atoms with Crippen LogP contribution < -0.4 is 14.8 Å². The van der Waals surface area contributed by atoms with Gasteiger partial charge in [-0.25, -0.2) is 0 Å². The highest BCUT2D eigenvalue weighted by Gasteiger charge is 2.49. The molecule has 3 aliphatic rings. The van der Waals surface area contributed by atoms with Gasteiger partial charge in [-0.1, -0.05) is 82.3 Å². The van der Waals surface area contributed by atoms with E-state index >= 15 is 0 Å². The monoisotopic (exact) mass is 646 g/mol. The SMILES string of the molecule is COc1cc(C2C3=C(CC(C)(C)CC3=O)N(CCc3ccccc3)C3=C2C(=O)CC(C)(C)C3)ccc1OCC(=O)Nc1ccccc1C. The number of carbonyl (C=O) groups excluding carboxylic acids is 3. The van der Waals surface area contributed by atoms with Crippen LogP contribution in [0.4, 0.5) is 5.69 Å². The molecule has 0 radical (unpaired) electrons. The van der Waals surface area contributed by atoms with Gasteiger partial charge in [0.25, 0.3) is 5.91 Å². The number of ketones is 2. The molecule has 0 saturated carbocycles. The molecule has 2 aliphatic carbocycles. The quantitative estimate of drug-likeness (QED) is 0.254. The Morgan fingerprint density at radius 3 is 2.02 bits per heavy atom. The van der Waals surface area contributed by atoms with Gasteiger partial charge >= 0.3 is 0 Å². The van der Waals surface area contributed by atoms with Crippen LogP contribution in [0.15, 0.2) is 95.3 Å². The zero-order chi connectivity index (χ0) is 34.2. The molecule has 250 valence electrons. The molecule has 0 unspecified atom stereocenters. The maximum absolute atomic E-state index is 14.2. The van der Waals surface area contributed by atoms with Crippen molar-refractivity contribution in [1.29, 1.82) is 0 Å². The number of allylic oxidation sites excluding steroid dienone is 4. The molecule has 1 aliphatic heterocycles. The van der Waals surface area contributed by atoms with Crippen LogP contribution in [0, 0.1) is 17.8 Å². The number of Topliss-reactive ketones (excluding diaryl/α,β-unsaturated/α-hetero) is 2. The number of methoxy groups -OCH3 is 1. The molecule has 1 amide bonds. The summed E-state index contributed by atoms with van der Waals surface area (Å²) in [7, 11) is 1.56. The molecule has 1 heterocycles. The molecular formula is C41H46N2O5. The van der Waals surface area contributed by atoms with Gasteiger partial charge in [-0.3, -0.25) is 14.4 Å². The first kappa shape index (κ1) is 33.3. The van der Waals surface area contributed by atoms with E-state index in [-0.39, 0.29) is 34.9 Å². The van der Waals surface area contributed by atoms with E-state index in [4.69, 9.17) is 9.47 Å². The fourth-order valence-corrected chi connectivity index (χ4v) is 7.56. The Kier molecular flexibility index (Phi) is 9.08. The number of anilines is 1. The van der Waals surface area contributed by atoms with Crippen LogP contribution in [0.2, 0.25) is 0 Å². The highest BCUT2D eigenvalue weighted by molar-refractivity contribution is 6.07. The van der Waals surface area contributed by atoms with Crippen LogP contribution in [-0.2, 0) is 20.8 Å². The summed E-state index contributed by atoms with van der Waals surface area (Å²) < 4.78 is 11.7. The number of ether oxygens (including phenoxy) is 2. The number of rotatable bonds is 9.